The summed E-state index contributed by atoms with van der Waals surface area (Å²) in [5.41, 5.74) is 0.820. The summed E-state index contributed by atoms with van der Waals surface area (Å²) < 4.78 is 28.5. The van der Waals surface area contributed by atoms with Gasteiger partial charge in [0, 0.05) is 12.1 Å². The molecule has 0 aliphatic carbocycles. The second-order valence-electron chi connectivity index (χ2n) is 6.46. The van der Waals surface area contributed by atoms with E-state index in [1.54, 1.807) is 0 Å². The quantitative estimate of drug-likeness (QED) is 0.545. The lowest BCUT2D eigenvalue weighted by Gasteiger charge is -2.36. The largest absolute Gasteiger partial charge is 0.462 e. The van der Waals surface area contributed by atoms with Crippen LogP contribution in [-0.2, 0) is 20.9 Å². The SMILES string of the molecule is CN1C2CCC1CC(OC(=O)C(CO)c1ccccc1)C2.O=S(O)O. The summed E-state index contributed by atoms with van der Waals surface area (Å²) in [5, 5.41) is 9.53. The van der Waals surface area contributed by atoms with E-state index in [4.69, 9.17) is 18.1 Å². The standard InChI is InChI=1S/C17H23NO3.H2O3S/c1-18-13-7-8-14(18)10-15(9-13)21-17(20)16(11-19)12-5-3-2-4-6-12;1-4(2)3/h2-6,13-16,19H,7-11H2,1H3;(H2,1,2,3). The molecule has 0 radical (unpaired) electrons. The third kappa shape index (κ3) is 5.58. The maximum atomic E-state index is 12.4. The number of nitrogens with zero attached hydrogens (tertiary/aromatic N) is 1. The minimum atomic E-state index is -2.61. The molecule has 2 saturated heterocycles. The molecule has 0 spiro atoms. The molecule has 1 aromatic carbocycles. The molecule has 0 aromatic heterocycles. The topological polar surface area (TPSA) is 107 Å². The lowest BCUT2D eigenvalue weighted by molar-refractivity contribution is -0.155. The first-order chi connectivity index (χ1) is 11.9. The van der Waals surface area contributed by atoms with E-state index >= 15 is 0 Å². The number of hydrogen-bond acceptors (Lipinski definition) is 5. The minimum Gasteiger partial charge on any atom is -0.462 e. The van der Waals surface area contributed by atoms with Gasteiger partial charge < -0.3 is 14.7 Å². The van der Waals surface area contributed by atoms with Crippen LogP contribution in [0.15, 0.2) is 30.3 Å². The van der Waals surface area contributed by atoms with Crippen molar-refractivity contribution in [2.75, 3.05) is 13.7 Å². The molecule has 0 saturated carbocycles. The summed E-state index contributed by atoms with van der Waals surface area (Å²) in [6.07, 6.45) is 4.26. The highest BCUT2D eigenvalue weighted by atomic mass is 32.2. The number of rotatable bonds is 4. The van der Waals surface area contributed by atoms with Crippen LogP contribution in [0.4, 0.5) is 0 Å². The van der Waals surface area contributed by atoms with Gasteiger partial charge in [-0.05, 0) is 38.3 Å². The Morgan fingerprint density at radius 1 is 1.24 bits per heavy atom. The predicted molar refractivity (Wildman–Crippen MR) is 93.4 cm³/mol. The van der Waals surface area contributed by atoms with E-state index in [9.17, 15) is 9.90 Å². The third-order valence-electron chi connectivity index (χ3n) is 5.01. The second kappa shape index (κ2) is 9.40. The molecule has 2 heterocycles. The van der Waals surface area contributed by atoms with Crippen molar-refractivity contribution in [2.45, 2.75) is 49.8 Å². The number of hydrogen-bond donors (Lipinski definition) is 3. The van der Waals surface area contributed by atoms with E-state index in [0.717, 1.165) is 18.4 Å². The van der Waals surface area contributed by atoms with Crippen molar-refractivity contribution in [3.63, 3.8) is 0 Å². The Morgan fingerprint density at radius 2 is 1.76 bits per heavy atom. The predicted octanol–water partition coefficient (Wildman–Crippen LogP) is 1.61. The Hall–Kier alpha value is -1.32. The summed E-state index contributed by atoms with van der Waals surface area (Å²) in [7, 11) is 2.17. The van der Waals surface area contributed by atoms with Crippen molar-refractivity contribution in [1.29, 1.82) is 0 Å². The molecule has 3 unspecified atom stereocenters. The fraction of sp³-hybridized carbons (Fsp3) is 0.588. The number of esters is 1. The van der Waals surface area contributed by atoms with E-state index in [0.29, 0.717) is 12.1 Å². The Bertz CT molecular complexity index is 566. The molecule has 1 aromatic rings. The van der Waals surface area contributed by atoms with Crippen LogP contribution in [0.3, 0.4) is 0 Å². The monoisotopic (exact) mass is 371 g/mol. The van der Waals surface area contributed by atoms with E-state index in [2.05, 4.69) is 11.9 Å². The summed E-state index contributed by atoms with van der Waals surface area (Å²) in [5.74, 6) is -0.860. The van der Waals surface area contributed by atoms with E-state index < -0.39 is 17.3 Å². The zero-order valence-electron chi connectivity index (χ0n) is 14.2. The molecule has 3 atom stereocenters. The van der Waals surface area contributed by atoms with Gasteiger partial charge in [-0.15, -0.1) is 0 Å². The first kappa shape index (κ1) is 20.0. The van der Waals surface area contributed by atoms with Crippen molar-refractivity contribution in [2.24, 2.45) is 0 Å². The van der Waals surface area contributed by atoms with Crippen LogP contribution < -0.4 is 0 Å². The molecule has 2 fully saturated rings. The molecule has 2 aliphatic heterocycles. The first-order valence-electron chi connectivity index (χ1n) is 8.30. The zero-order valence-corrected chi connectivity index (χ0v) is 15.0. The molecule has 2 bridgehead atoms. The van der Waals surface area contributed by atoms with Gasteiger partial charge in [0.05, 0.1) is 6.61 Å². The van der Waals surface area contributed by atoms with Crippen molar-refractivity contribution in [1.82, 2.24) is 4.90 Å². The lowest BCUT2D eigenvalue weighted by Crippen LogP contribution is -2.43. The number of carbonyl (C=O) groups excluding carboxylic acids is 1. The lowest BCUT2D eigenvalue weighted by atomic mass is 9.98. The van der Waals surface area contributed by atoms with Gasteiger partial charge in [0.1, 0.15) is 12.0 Å². The van der Waals surface area contributed by atoms with Crippen LogP contribution in [0, 0.1) is 0 Å². The fourth-order valence-electron chi connectivity index (χ4n) is 3.71. The normalized spacial score (nSPS) is 26.7. The highest BCUT2D eigenvalue weighted by Gasteiger charge is 2.40. The number of ether oxygens (including phenoxy) is 1. The van der Waals surface area contributed by atoms with Crippen LogP contribution in [0.1, 0.15) is 37.2 Å². The molecule has 25 heavy (non-hydrogen) atoms. The van der Waals surface area contributed by atoms with Crippen molar-refractivity contribution in [3.8, 4) is 0 Å². The molecule has 3 rings (SSSR count). The molecule has 140 valence electrons. The summed E-state index contributed by atoms with van der Waals surface area (Å²) in [4.78, 5) is 14.8. The summed E-state index contributed by atoms with van der Waals surface area (Å²) in [6.45, 7) is -0.206. The number of carbonyl (C=O) groups is 1. The third-order valence-corrected chi connectivity index (χ3v) is 5.01. The summed E-state index contributed by atoms with van der Waals surface area (Å²) >= 11 is -2.61. The highest BCUT2D eigenvalue weighted by Crippen LogP contribution is 2.36. The maximum Gasteiger partial charge on any atom is 0.316 e. The average Bonchev–Trinajstić information content (AvgIpc) is 2.78. The fourth-order valence-corrected chi connectivity index (χ4v) is 3.71. The minimum absolute atomic E-state index is 0.00367. The molecule has 0 amide bonds. The van der Waals surface area contributed by atoms with Gasteiger partial charge in [-0.2, -0.15) is 4.21 Å². The molecule has 7 nitrogen and oxygen atoms in total. The molecule has 2 aliphatic rings. The van der Waals surface area contributed by atoms with Crippen LogP contribution in [-0.4, -0.2) is 61.1 Å². The van der Waals surface area contributed by atoms with Crippen LogP contribution in [0.25, 0.3) is 0 Å². The Balaban J connectivity index is 0.000000511. The number of benzene rings is 1. The Labute approximate surface area is 150 Å². The van der Waals surface area contributed by atoms with Gasteiger partial charge in [-0.3, -0.25) is 13.9 Å². The van der Waals surface area contributed by atoms with Gasteiger partial charge in [-0.1, -0.05) is 30.3 Å². The van der Waals surface area contributed by atoms with Gasteiger partial charge in [0.2, 0.25) is 0 Å². The molecule has 8 heteroatoms. The molecular weight excluding hydrogens is 346 g/mol. The number of piperidine rings is 1. The highest BCUT2D eigenvalue weighted by molar-refractivity contribution is 7.73. The van der Waals surface area contributed by atoms with Gasteiger partial charge in [0.25, 0.3) is 11.4 Å². The number of aliphatic hydroxyl groups is 1. The smallest absolute Gasteiger partial charge is 0.316 e. The second-order valence-corrected chi connectivity index (χ2v) is 6.92. The maximum absolute atomic E-state index is 12.4. The molecule has 3 N–H and O–H groups in total. The van der Waals surface area contributed by atoms with E-state index in [1.165, 1.54) is 12.8 Å². The zero-order chi connectivity index (χ0) is 18.4. The Morgan fingerprint density at radius 3 is 2.24 bits per heavy atom. The van der Waals surface area contributed by atoms with Crippen molar-refractivity contribution in [3.05, 3.63) is 35.9 Å². The average molecular weight is 371 g/mol. The summed E-state index contributed by atoms with van der Waals surface area (Å²) in [6, 6.07) is 10.5. The van der Waals surface area contributed by atoms with Gasteiger partial charge in [0.15, 0.2) is 0 Å². The van der Waals surface area contributed by atoms with Gasteiger partial charge >= 0.3 is 5.97 Å². The first-order valence-corrected chi connectivity index (χ1v) is 9.37. The van der Waals surface area contributed by atoms with E-state index in [-0.39, 0.29) is 18.7 Å². The van der Waals surface area contributed by atoms with Crippen LogP contribution >= 0.6 is 0 Å². The van der Waals surface area contributed by atoms with Crippen molar-refractivity contribution < 1.29 is 28.0 Å². The number of aliphatic hydroxyl groups excluding tert-OH is 1. The van der Waals surface area contributed by atoms with Crippen molar-refractivity contribution >= 4 is 17.3 Å². The number of fused-ring (bicyclic) bond motifs is 2. The van der Waals surface area contributed by atoms with Crippen LogP contribution in [0.2, 0.25) is 0 Å². The van der Waals surface area contributed by atoms with Gasteiger partial charge in [-0.25, -0.2) is 0 Å². The Kier molecular flexibility index (Phi) is 7.52. The van der Waals surface area contributed by atoms with E-state index in [1.807, 2.05) is 30.3 Å². The molecular formula is C17H25NO6S. The van der Waals surface area contributed by atoms with Crippen LogP contribution in [0.5, 0.6) is 0 Å².